The highest BCUT2D eigenvalue weighted by Gasteiger charge is 2.24. The number of nitrogens with zero attached hydrogens (tertiary/aromatic N) is 2. The summed E-state index contributed by atoms with van der Waals surface area (Å²) >= 11 is 0. The molecule has 5 heteroatoms. The first-order valence-electron chi connectivity index (χ1n) is 7.82. The molecule has 2 atom stereocenters. The minimum absolute atomic E-state index is 0.319. The van der Waals surface area contributed by atoms with E-state index in [1.165, 1.54) is 0 Å². The fourth-order valence-corrected chi connectivity index (χ4v) is 2.62. The Bertz CT molecular complexity index is 386. The summed E-state index contributed by atoms with van der Waals surface area (Å²) in [6, 6.07) is 0.420. The molecule has 2 heterocycles. The molecular formula is C15H27N3O2. The standard InChI is InChI=1S/C15H27N3O2/c1-4-6-16-13(8-11(2)3)9-14-17-15(18-20-14)12-5-7-19-10-12/h11-13,16H,4-10H2,1-3H3. The summed E-state index contributed by atoms with van der Waals surface area (Å²) in [5.74, 6) is 2.55. The maximum absolute atomic E-state index is 5.41. The number of aromatic nitrogens is 2. The zero-order chi connectivity index (χ0) is 14.4. The molecule has 1 aromatic heterocycles. The van der Waals surface area contributed by atoms with Crippen molar-refractivity contribution in [2.45, 2.75) is 58.4 Å². The number of ether oxygens (including phenoxy) is 1. The first kappa shape index (κ1) is 15.4. The first-order chi connectivity index (χ1) is 9.69. The van der Waals surface area contributed by atoms with E-state index in [9.17, 15) is 0 Å². The molecule has 1 saturated heterocycles. The molecule has 1 N–H and O–H groups in total. The van der Waals surface area contributed by atoms with Crippen LogP contribution in [-0.4, -0.2) is 35.9 Å². The van der Waals surface area contributed by atoms with E-state index in [-0.39, 0.29) is 0 Å². The smallest absolute Gasteiger partial charge is 0.228 e. The van der Waals surface area contributed by atoms with Crippen molar-refractivity contribution in [1.82, 2.24) is 15.5 Å². The lowest BCUT2D eigenvalue weighted by molar-refractivity contribution is 0.192. The Morgan fingerprint density at radius 3 is 2.90 bits per heavy atom. The van der Waals surface area contributed by atoms with Crippen LogP contribution < -0.4 is 5.32 Å². The Morgan fingerprint density at radius 2 is 2.25 bits per heavy atom. The molecular weight excluding hydrogens is 254 g/mol. The second-order valence-corrected chi connectivity index (χ2v) is 6.09. The molecule has 1 fully saturated rings. The molecule has 0 saturated carbocycles. The van der Waals surface area contributed by atoms with Crippen LogP contribution in [0.25, 0.3) is 0 Å². The molecule has 2 unspecified atom stereocenters. The fourth-order valence-electron chi connectivity index (χ4n) is 2.62. The van der Waals surface area contributed by atoms with E-state index in [1.807, 2.05) is 0 Å². The van der Waals surface area contributed by atoms with Gasteiger partial charge in [-0.25, -0.2) is 0 Å². The van der Waals surface area contributed by atoms with Gasteiger partial charge < -0.3 is 14.6 Å². The maximum atomic E-state index is 5.41. The Morgan fingerprint density at radius 1 is 1.40 bits per heavy atom. The van der Waals surface area contributed by atoms with Crippen LogP contribution in [0.1, 0.15) is 57.7 Å². The minimum Gasteiger partial charge on any atom is -0.381 e. The quantitative estimate of drug-likeness (QED) is 0.793. The largest absolute Gasteiger partial charge is 0.381 e. The van der Waals surface area contributed by atoms with E-state index in [1.54, 1.807) is 0 Å². The maximum Gasteiger partial charge on any atom is 0.228 e. The van der Waals surface area contributed by atoms with E-state index in [2.05, 4.69) is 36.2 Å². The Labute approximate surface area is 121 Å². The van der Waals surface area contributed by atoms with Crippen LogP contribution >= 0.6 is 0 Å². The third-order valence-corrected chi connectivity index (χ3v) is 3.64. The van der Waals surface area contributed by atoms with Crippen molar-refractivity contribution in [3.05, 3.63) is 11.7 Å². The van der Waals surface area contributed by atoms with Gasteiger partial charge in [0.2, 0.25) is 5.89 Å². The highest BCUT2D eigenvalue weighted by atomic mass is 16.5. The predicted octanol–water partition coefficient (Wildman–Crippen LogP) is 2.53. The van der Waals surface area contributed by atoms with Gasteiger partial charge in [-0.1, -0.05) is 25.9 Å². The second-order valence-electron chi connectivity index (χ2n) is 6.09. The summed E-state index contributed by atoms with van der Waals surface area (Å²) in [5.41, 5.74) is 0. The molecule has 1 aromatic rings. The fraction of sp³-hybridized carbons (Fsp3) is 0.867. The van der Waals surface area contributed by atoms with Crippen LogP contribution in [0.4, 0.5) is 0 Å². The normalized spacial score (nSPS) is 20.7. The summed E-state index contributed by atoms with van der Waals surface area (Å²) in [6.07, 6.45) is 4.09. The Hall–Kier alpha value is -0.940. The third-order valence-electron chi connectivity index (χ3n) is 3.64. The summed E-state index contributed by atoms with van der Waals surface area (Å²) in [4.78, 5) is 4.55. The van der Waals surface area contributed by atoms with Crippen molar-refractivity contribution in [2.24, 2.45) is 5.92 Å². The lowest BCUT2D eigenvalue weighted by Gasteiger charge is -2.18. The zero-order valence-electron chi connectivity index (χ0n) is 12.9. The van der Waals surface area contributed by atoms with Crippen molar-refractivity contribution in [2.75, 3.05) is 19.8 Å². The van der Waals surface area contributed by atoms with Crippen LogP contribution in [0.5, 0.6) is 0 Å². The van der Waals surface area contributed by atoms with Crippen LogP contribution in [0, 0.1) is 5.92 Å². The summed E-state index contributed by atoms with van der Waals surface area (Å²) < 4.78 is 10.8. The average molecular weight is 281 g/mol. The van der Waals surface area contributed by atoms with Gasteiger partial charge in [0.25, 0.3) is 0 Å². The predicted molar refractivity (Wildman–Crippen MR) is 77.7 cm³/mol. The lowest BCUT2D eigenvalue weighted by atomic mass is 10.0. The molecule has 0 radical (unpaired) electrons. The van der Waals surface area contributed by atoms with E-state index in [0.717, 1.165) is 57.2 Å². The highest BCUT2D eigenvalue weighted by molar-refractivity contribution is 4.98. The lowest BCUT2D eigenvalue weighted by Crippen LogP contribution is -2.33. The molecule has 114 valence electrons. The highest BCUT2D eigenvalue weighted by Crippen LogP contribution is 2.22. The van der Waals surface area contributed by atoms with Gasteiger partial charge in [0.15, 0.2) is 5.82 Å². The van der Waals surface area contributed by atoms with E-state index in [0.29, 0.717) is 17.9 Å². The molecule has 0 spiro atoms. The first-order valence-corrected chi connectivity index (χ1v) is 7.82. The van der Waals surface area contributed by atoms with Gasteiger partial charge in [0.05, 0.1) is 6.61 Å². The van der Waals surface area contributed by atoms with Crippen LogP contribution in [0.3, 0.4) is 0 Å². The number of nitrogens with one attached hydrogen (secondary N) is 1. The molecule has 0 aromatic carbocycles. The molecule has 5 nitrogen and oxygen atoms in total. The third kappa shape index (κ3) is 4.56. The minimum atomic E-state index is 0.319. The van der Waals surface area contributed by atoms with Gasteiger partial charge in [-0.05, 0) is 31.7 Å². The number of hydrogen-bond donors (Lipinski definition) is 1. The second kappa shape index (κ2) is 7.74. The summed E-state index contributed by atoms with van der Waals surface area (Å²) in [5, 5.41) is 7.69. The summed E-state index contributed by atoms with van der Waals surface area (Å²) in [6.45, 7) is 9.25. The van der Waals surface area contributed by atoms with E-state index in [4.69, 9.17) is 9.26 Å². The Kier molecular flexibility index (Phi) is 5.98. The summed E-state index contributed by atoms with van der Waals surface area (Å²) in [7, 11) is 0. The van der Waals surface area contributed by atoms with Crippen molar-refractivity contribution in [1.29, 1.82) is 0 Å². The van der Waals surface area contributed by atoms with Crippen LogP contribution in [0.15, 0.2) is 4.52 Å². The molecule has 0 amide bonds. The molecule has 1 aliphatic rings. The van der Waals surface area contributed by atoms with Gasteiger partial charge >= 0.3 is 0 Å². The number of rotatable bonds is 8. The number of hydrogen-bond acceptors (Lipinski definition) is 5. The molecule has 1 aliphatic heterocycles. The monoisotopic (exact) mass is 281 g/mol. The Balaban J connectivity index is 1.91. The molecule has 20 heavy (non-hydrogen) atoms. The van der Waals surface area contributed by atoms with E-state index >= 15 is 0 Å². The van der Waals surface area contributed by atoms with Crippen molar-refractivity contribution in [3.63, 3.8) is 0 Å². The molecule has 0 aliphatic carbocycles. The molecule has 2 rings (SSSR count). The van der Waals surface area contributed by atoms with Crippen molar-refractivity contribution < 1.29 is 9.26 Å². The van der Waals surface area contributed by atoms with Gasteiger partial charge in [-0.15, -0.1) is 0 Å². The van der Waals surface area contributed by atoms with Gasteiger partial charge in [0.1, 0.15) is 0 Å². The van der Waals surface area contributed by atoms with Gasteiger partial charge in [-0.3, -0.25) is 0 Å². The molecule has 0 bridgehead atoms. The van der Waals surface area contributed by atoms with Gasteiger partial charge in [0, 0.05) is 25.0 Å². The van der Waals surface area contributed by atoms with Crippen LogP contribution in [-0.2, 0) is 11.2 Å². The van der Waals surface area contributed by atoms with Crippen molar-refractivity contribution >= 4 is 0 Å². The van der Waals surface area contributed by atoms with Crippen LogP contribution in [0.2, 0.25) is 0 Å². The zero-order valence-corrected chi connectivity index (χ0v) is 12.9. The van der Waals surface area contributed by atoms with Crippen molar-refractivity contribution in [3.8, 4) is 0 Å². The topological polar surface area (TPSA) is 60.2 Å². The van der Waals surface area contributed by atoms with Gasteiger partial charge in [-0.2, -0.15) is 4.98 Å². The SMILES string of the molecule is CCCNC(Cc1nc(C2CCOC2)no1)CC(C)C. The van der Waals surface area contributed by atoms with E-state index < -0.39 is 0 Å². The average Bonchev–Trinajstić information content (AvgIpc) is 3.05.